The van der Waals surface area contributed by atoms with Gasteiger partial charge in [-0.2, -0.15) is 17.5 Å². The van der Waals surface area contributed by atoms with Crippen LogP contribution in [-0.2, 0) is 20.7 Å². The summed E-state index contributed by atoms with van der Waals surface area (Å²) in [5, 5.41) is 2.75. The van der Waals surface area contributed by atoms with Crippen LogP contribution in [0.5, 0.6) is 0 Å². The molecule has 1 rings (SSSR count). The van der Waals surface area contributed by atoms with Gasteiger partial charge < -0.3 is 10.6 Å². The van der Waals surface area contributed by atoms with Crippen molar-refractivity contribution in [1.29, 1.82) is 0 Å². The molecule has 22 heavy (non-hydrogen) atoms. The highest BCUT2D eigenvalue weighted by molar-refractivity contribution is 7.93. The number of rotatable bonds is 4. The third kappa shape index (κ3) is 4.86. The second kappa shape index (κ2) is 6.95. The Kier molecular flexibility index (Phi) is 5.75. The van der Waals surface area contributed by atoms with E-state index in [0.717, 1.165) is 12.3 Å². The first kappa shape index (κ1) is 18.2. The molecule has 0 aromatic carbocycles. The lowest BCUT2D eigenvalue weighted by Crippen LogP contribution is -2.16. The Morgan fingerprint density at radius 3 is 2.59 bits per heavy atom. The number of oxime groups is 1. The number of pyridine rings is 1. The molecule has 10 heteroatoms. The quantitative estimate of drug-likeness (QED) is 0.519. The lowest BCUT2D eigenvalue weighted by atomic mass is 10.2. The van der Waals surface area contributed by atoms with Gasteiger partial charge in [0.2, 0.25) is 0 Å². The number of guanidine groups is 1. The molecule has 0 aliphatic carbocycles. The van der Waals surface area contributed by atoms with Crippen LogP contribution in [0.15, 0.2) is 27.8 Å². The molecular weight excluding hydrogens is 321 g/mol. The minimum Gasteiger partial charge on any atom is -0.393 e. The number of nitrogens with zero attached hydrogens (tertiary/aromatic N) is 3. The van der Waals surface area contributed by atoms with Crippen LogP contribution in [0.4, 0.5) is 13.2 Å². The molecular formula is C12H17F3N4O2S. The molecule has 0 aliphatic rings. The molecule has 2 atom stereocenters. The van der Waals surface area contributed by atoms with Gasteiger partial charge in [0.05, 0.1) is 15.0 Å². The highest BCUT2D eigenvalue weighted by Crippen LogP contribution is 2.29. The third-order valence-corrected chi connectivity index (χ3v) is 4.90. The van der Waals surface area contributed by atoms with Crippen molar-refractivity contribution >= 4 is 15.7 Å². The molecule has 1 aromatic heterocycles. The van der Waals surface area contributed by atoms with Gasteiger partial charge in [-0.1, -0.05) is 6.07 Å². The summed E-state index contributed by atoms with van der Waals surface area (Å²) < 4.78 is 53.7. The highest BCUT2D eigenvalue weighted by Gasteiger charge is 2.32. The average molecular weight is 338 g/mol. The summed E-state index contributed by atoms with van der Waals surface area (Å²) in [4.78, 5) is 8.02. The van der Waals surface area contributed by atoms with Crippen LogP contribution in [0, 0.1) is 0 Å². The summed E-state index contributed by atoms with van der Waals surface area (Å²) in [6.45, 7) is 3.53. The van der Waals surface area contributed by atoms with Crippen LogP contribution in [-0.4, -0.2) is 28.0 Å². The number of aromatic nitrogens is 1. The zero-order chi connectivity index (χ0) is 17.0. The van der Waals surface area contributed by atoms with Crippen molar-refractivity contribution in [2.45, 2.75) is 25.3 Å². The fourth-order valence-corrected chi connectivity index (χ4v) is 2.69. The highest BCUT2D eigenvalue weighted by atomic mass is 32.2. The Balaban J connectivity index is 3.06. The maximum absolute atomic E-state index is 12.5. The van der Waals surface area contributed by atoms with E-state index in [9.17, 15) is 17.4 Å². The Labute approximate surface area is 126 Å². The zero-order valence-corrected chi connectivity index (χ0v) is 13.1. The van der Waals surface area contributed by atoms with Crippen molar-refractivity contribution < 1.29 is 22.2 Å². The van der Waals surface area contributed by atoms with E-state index < -0.39 is 26.8 Å². The van der Waals surface area contributed by atoms with E-state index in [1.807, 2.05) is 0 Å². The SMILES string of the molecule is CCO/N=C(\N)N=S(C)(=O)C(C)c1ccc(C(F)(F)F)nc1. The van der Waals surface area contributed by atoms with Gasteiger partial charge in [-0.05, 0) is 30.6 Å². The van der Waals surface area contributed by atoms with Crippen molar-refractivity contribution in [2.75, 3.05) is 12.9 Å². The predicted octanol–water partition coefficient (Wildman–Crippen LogP) is 2.53. The van der Waals surface area contributed by atoms with Gasteiger partial charge in [-0.25, -0.2) is 4.21 Å². The lowest BCUT2D eigenvalue weighted by molar-refractivity contribution is -0.141. The molecule has 2 N–H and O–H groups in total. The van der Waals surface area contributed by atoms with Gasteiger partial charge in [-0.15, -0.1) is 0 Å². The summed E-state index contributed by atoms with van der Waals surface area (Å²) in [5.41, 5.74) is 4.80. The largest absolute Gasteiger partial charge is 0.433 e. The van der Waals surface area contributed by atoms with Crippen LogP contribution in [0.2, 0.25) is 0 Å². The van der Waals surface area contributed by atoms with Crippen LogP contribution >= 0.6 is 0 Å². The van der Waals surface area contributed by atoms with Gasteiger partial charge in [0.15, 0.2) is 0 Å². The van der Waals surface area contributed by atoms with Crippen LogP contribution in [0.1, 0.15) is 30.4 Å². The first-order valence-electron chi connectivity index (χ1n) is 6.27. The zero-order valence-electron chi connectivity index (χ0n) is 12.3. The first-order valence-corrected chi connectivity index (χ1v) is 8.26. The Hall–Kier alpha value is -1.84. The fraction of sp³-hybridized carbons (Fsp3) is 0.500. The number of nitrogens with two attached hydrogens (primary N) is 1. The van der Waals surface area contributed by atoms with Crippen LogP contribution in [0.25, 0.3) is 0 Å². The summed E-state index contributed by atoms with van der Waals surface area (Å²) in [5.74, 6) is -0.291. The second-order valence-electron chi connectivity index (χ2n) is 4.44. The van der Waals surface area contributed by atoms with Crippen molar-refractivity contribution in [3.05, 3.63) is 29.6 Å². The topological polar surface area (TPSA) is 89.9 Å². The molecule has 6 nitrogen and oxygen atoms in total. The minimum atomic E-state index is -4.52. The normalized spacial score (nSPS) is 16.7. The van der Waals surface area contributed by atoms with E-state index in [1.54, 1.807) is 13.8 Å². The summed E-state index contributed by atoms with van der Waals surface area (Å²) in [7, 11) is -2.87. The van der Waals surface area contributed by atoms with Gasteiger partial charge >= 0.3 is 6.18 Å². The van der Waals surface area contributed by atoms with Crippen LogP contribution < -0.4 is 5.73 Å². The van der Waals surface area contributed by atoms with Gasteiger partial charge in [0, 0.05) is 12.5 Å². The van der Waals surface area contributed by atoms with Gasteiger partial charge in [-0.3, -0.25) is 4.98 Å². The summed E-state index contributed by atoms with van der Waals surface area (Å²) in [6.07, 6.45) is -2.15. The molecule has 0 amide bonds. The van der Waals surface area contributed by atoms with Crippen molar-refractivity contribution in [2.24, 2.45) is 15.3 Å². The van der Waals surface area contributed by atoms with Crippen LogP contribution in [0.3, 0.4) is 0 Å². The van der Waals surface area contributed by atoms with E-state index in [2.05, 4.69) is 19.3 Å². The molecule has 0 saturated heterocycles. The number of hydrogen-bond acceptors (Lipinski definition) is 4. The molecule has 1 heterocycles. The Morgan fingerprint density at radius 2 is 2.14 bits per heavy atom. The molecule has 0 fully saturated rings. The van der Waals surface area contributed by atoms with Crippen molar-refractivity contribution in [3.63, 3.8) is 0 Å². The van der Waals surface area contributed by atoms with E-state index >= 15 is 0 Å². The molecule has 124 valence electrons. The Bertz CT molecular complexity index is 649. The van der Waals surface area contributed by atoms with E-state index in [1.165, 1.54) is 12.3 Å². The number of hydrogen-bond donors (Lipinski definition) is 1. The maximum Gasteiger partial charge on any atom is 0.433 e. The second-order valence-corrected chi connectivity index (χ2v) is 7.05. The predicted molar refractivity (Wildman–Crippen MR) is 77.4 cm³/mol. The lowest BCUT2D eigenvalue weighted by Gasteiger charge is -2.14. The van der Waals surface area contributed by atoms with Gasteiger partial charge in [0.1, 0.15) is 12.3 Å². The average Bonchev–Trinajstić information content (AvgIpc) is 2.43. The minimum absolute atomic E-state index is 0.277. The van der Waals surface area contributed by atoms with Crippen molar-refractivity contribution in [3.8, 4) is 0 Å². The molecule has 0 radical (unpaired) electrons. The number of alkyl halides is 3. The van der Waals surface area contributed by atoms with E-state index in [0.29, 0.717) is 5.56 Å². The van der Waals surface area contributed by atoms with Crippen molar-refractivity contribution in [1.82, 2.24) is 4.98 Å². The maximum atomic E-state index is 12.5. The summed E-state index contributed by atoms with van der Waals surface area (Å²) in [6, 6.07) is 2.05. The molecule has 0 saturated carbocycles. The van der Waals surface area contributed by atoms with E-state index in [-0.39, 0.29) is 12.6 Å². The molecule has 2 unspecified atom stereocenters. The Morgan fingerprint density at radius 1 is 1.50 bits per heavy atom. The monoisotopic (exact) mass is 338 g/mol. The first-order chi connectivity index (χ1) is 10.1. The third-order valence-electron chi connectivity index (χ3n) is 2.76. The standard InChI is InChI=1S/C12H17F3N4O2S/c1-4-21-18-11(16)19-22(3,20)8(2)9-5-6-10(17-7-9)12(13,14)15/h5-8H,4H2,1-3H3,(H2,16,18). The number of halogens is 3. The molecule has 0 bridgehead atoms. The molecule has 1 aromatic rings. The van der Waals surface area contributed by atoms with Gasteiger partial charge in [0.25, 0.3) is 5.96 Å². The smallest absolute Gasteiger partial charge is 0.393 e. The molecule has 0 spiro atoms. The molecule has 0 aliphatic heterocycles. The fourth-order valence-electron chi connectivity index (χ4n) is 1.48. The summed E-state index contributed by atoms with van der Waals surface area (Å²) >= 11 is 0. The van der Waals surface area contributed by atoms with E-state index in [4.69, 9.17) is 5.73 Å².